The average Bonchev–Trinajstić information content (AvgIpc) is 2.29. The first kappa shape index (κ1) is 13.6. The predicted molar refractivity (Wildman–Crippen MR) is 66.7 cm³/mol. The fourth-order valence-electron chi connectivity index (χ4n) is 1.77. The van der Waals surface area contributed by atoms with Crippen LogP contribution in [0.5, 0.6) is 0 Å². The monoisotopic (exact) mass is 236 g/mol. The Kier molecular flexibility index (Phi) is 5.10. The molecule has 0 spiro atoms. The normalized spacial score (nSPS) is 12.7. The van der Waals surface area contributed by atoms with Gasteiger partial charge in [0.05, 0.1) is 5.69 Å². The second kappa shape index (κ2) is 6.35. The molecule has 2 N–H and O–H groups in total. The topological polar surface area (TPSA) is 62.2 Å². The van der Waals surface area contributed by atoms with E-state index in [9.17, 15) is 4.79 Å². The van der Waals surface area contributed by atoms with E-state index in [1.165, 1.54) is 0 Å². The van der Waals surface area contributed by atoms with E-state index in [1.807, 2.05) is 26.0 Å². The van der Waals surface area contributed by atoms with Crippen molar-refractivity contribution in [1.29, 1.82) is 0 Å². The number of carboxylic acids is 1. The molecule has 0 aliphatic heterocycles. The van der Waals surface area contributed by atoms with Gasteiger partial charge in [-0.1, -0.05) is 26.8 Å². The van der Waals surface area contributed by atoms with Gasteiger partial charge in [0.15, 0.2) is 0 Å². The lowest BCUT2D eigenvalue weighted by Gasteiger charge is -2.18. The number of rotatable bonds is 6. The lowest BCUT2D eigenvalue weighted by atomic mass is 10.0. The molecule has 0 fully saturated rings. The molecule has 1 aromatic rings. The molecule has 4 nitrogen and oxygen atoms in total. The third-order valence-corrected chi connectivity index (χ3v) is 2.79. The Morgan fingerprint density at radius 2 is 2.24 bits per heavy atom. The van der Waals surface area contributed by atoms with Gasteiger partial charge in [-0.2, -0.15) is 0 Å². The SMILES string of the molecule is CCc1cccnc1CNC(C(=O)O)C(C)C. The number of nitrogens with one attached hydrogen (secondary N) is 1. The Bertz CT molecular complexity index is 377. The van der Waals surface area contributed by atoms with Crippen molar-refractivity contribution in [3.8, 4) is 0 Å². The summed E-state index contributed by atoms with van der Waals surface area (Å²) in [5.41, 5.74) is 2.09. The minimum absolute atomic E-state index is 0.0567. The van der Waals surface area contributed by atoms with Gasteiger partial charge in [-0.3, -0.25) is 15.1 Å². The summed E-state index contributed by atoms with van der Waals surface area (Å²) in [5.74, 6) is -0.754. The maximum Gasteiger partial charge on any atom is 0.320 e. The van der Waals surface area contributed by atoms with Crippen LogP contribution < -0.4 is 5.32 Å². The summed E-state index contributed by atoms with van der Waals surface area (Å²) < 4.78 is 0. The van der Waals surface area contributed by atoms with Gasteiger partial charge < -0.3 is 5.11 Å². The number of hydrogen-bond donors (Lipinski definition) is 2. The van der Waals surface area contributed by atoms with Crippen LogP contribution in [-0.2, 0) is 17.8 Å². The zero-order chi connectivity index (χ0) is 12.8. The summed E-state index contributed by atoms with van der Waals surface area (Å²) in [7, 11) is 0. The van der Waals surface area contributed by atoms with E-state index in [0.717, 1.165) is 17.7 Å². The Morgan fingerprint density at radius 1 is 1.53 bits per heavy atom. The highest BCUT2D eigenvalue weighted by Crippen LogP contribution is 2.08. The highest BCUT2D eigenvalue weighted by atomic mass is 16.4. The van der Waals surface area contributed by atoms with Gasteiger partial charge in [0.25, 0.3) is 0 Å². The van der Waals surface area contributed by atoms with Gasteiger partial charge >= 0.3 is 5.97 Å². The first-order valence-electron chi connectivity index (χ1n) is 5.95. The largest absolute Gasteiger partial charge is 0.480 e. The van der Waals surface area contributed by atoms with Crippen molar-refractivity contribution in [1.82, 2.24) is 10.3 Å². The number of hydrogen-bond acceptors (Lipinski definition) is 3. The van der Waals surface area contributed by atoms with Crippen molar-refractivity contribution in [2.24, 2.45) is 5.92 Å². The van der Waals surface area contributed by atoms with Gasteiger partial charge in [-0.15, -0.1) is 0 Å². The number of aromatic nitrogens is 1. The maximum absolute atomic E-state index is 11.0. The fourth-order valence-corrected chi connectivity index (χ4v) is 1.77. The smallest absolute Gasteiger partial charge is 0.320 e. The van der Waals surface area contributed by atoms with Crippen LogP contribution in [0.15, 0.2) is 18.3 Å². The third kappa shape index (κ3) is 3.82. The second-order valence-corrected chi connectivity index (χ2v) is 4.40. The van der Waals surface area contributed by atoms with Crippen LogP contribution in [0.25, 0.3) is 0 Å². The van der Waals surface area contributed by atoms with Gasteiger partial charge in [0.2, 0.25) is 0 Å². The number of carboxylic acid groups (broad SMARTS) is 1. The average molecular weight is 236 g/mol. The first-order chi connectivity index (χ1) is 8.06. The van der Waals surface area contributed by atoms with E-state index in [4.69, 9.17) is 5.11 Å². The summed E-state index contributed by atoms with van der Waals surface area (Å²) in [6.45, 7) is 6.35. The number of aryl methyl sites for hydroxylation is 1. The van der Waals surface area contributed by atoms with E-state index < -0.39 is 12.0 Å². The predicted octanol–water partition coefficient (Wildman–Crippen LogP) is 1.84. The van der Waals surface area contributed by atoms with Crippen molar-refractivity contribution in [2.75, 3.05) is 0 Å². The number of carbonyl (C=O) groups is 1. The summed E-state index contributed by atoms with van der Waals surface area (Å²) >= 11 is 0. The summed E-state index contributed by atoms with van der Waals surface area (Å²) in [6, 6.07) is 3.40. The lowest BCUT2D eigenvalue weighted by molar-refractivity contribution is -0.140. The Balaban J connectivity index is 2.68. The van der Waals surface area contributed by atoms with Crippen LogP contribution in [0.4, 0.5) is 0 Å². The molecule has 1 aromatic heterocycles. The molecule has 17 heavy (non-hydrogen) atoms. The van der Waals surface area contributed by atoms with E-state index in [2.05, 4.69) is 17.2 Å². The maximum atomic E-state index is 11.0. The second-order valence-electron chi connectivity index (χ2n) is 4.40. The van der Waals surface area contributed by atoms with Gasteiger partial charge in [-0.05, 0) is 24.0 Å². The van der Waals surface area contributed by atoms with Crippen molar-refractivity contribution >= 4 is 5.97 Å². The molecule has 0 bridgehead atoms. The summed E-state index contributed by atoms with van der Waals surface area (Å²) in [6.07, 6.45) is 2.64. The molecule has 0 radical (unpaired) electrons. The first-order valence-corrected chi connectivity index (χ1v) is 5.95. The highest BCUT2D eigenvalue weighted by Gasteiger charge is 2.20. The molecule has 94 valence electrons. The minimum Gasteiger partial charge on any atom is -0.480 e. The Hall–Kier alpha value is -1.42. The van der Waals surface area contributed by atoms with Crippen LogP contribution in [0.2, 0.25) is 0 Å². The lowest BCUT2D eigenvalue weighted by Crippen LogP contribution is -2.40. The Morgan fingerprint density at radius 3 is 2.76 bits per heavy atom. The van der Waals surface area contributed by atoms with E-state index >= 15 is 0 Å². The summed E-state index contributed by atoms with van der Waals surface area (Å²) in [5, 5.41) is 12.1. The zero-order valence-electron chi connectivity index (χ0n) is 10.6. The van der Waals surface area contributed by atoms with Crippen LogP contribution in [-0.4, -0.2) is 22.1 Å². The molecule has 4 heteroatoms. The van der Waals surface area contributed by atoms with Gasteiger partial charge in [-0.25, -0.2) is 0 Å². The quantitative estimate of drug-likeness (QED) is 0.791. The molecule has 1 heterocycles. The zero-order valence-corrected chi connectivity index (χ0v) is 10.6. The van der Waals surface area contributed by atoms with E-state index in [0.29, 0.717) is 6.54 Å². The van der Waals surface area contributed by atoms with Crippen LogP contribution in [0.1, 0.15) is 32.0 Å². The highest BCUT2D eigenvalue weighted by molar-refractivity contribution is 5.73. The van der Waals surface area contributed by atoms with Crippen LogP contribution in [0, 0.1) is 5.92 Å². The fraction of sp³-hybridized carbons (Fsp3) is 0.538. The molecule has 0 saturated heterocycles. The number of aliphatic carboxylic acids is 1. The molecule has 1 rings (SSSR count). The molecule has 1 atom stereocenters. The summed E-state index contributed by atoms with van der Waals surface area (Å²) in [4.78, 5) is 15.3. The van der Waals surface area contributed by atoms with E-state index in [1.54, 1.807) is 6.20 Å². The number of nitrogens with zero attached hydrogens (tertiary/aromatic N) is 1. The molecular formula is C13H20N2O2. The van der Waals surface area contributed by atoms with Crippen molar-refractivity contribution in [3.05, 3.63) is 29.6 Å². The van der Waals surface area contributed by atoms with Crippen molar-refractivity contribution in [2.45, 2.75) is 39.8 Å². The van der Waals surface area contributed by atoms with Gasteiger partial charge in [0, 0.05) is 12.7 Å². The van der Waals surface area contributed by atoms with Crippen molar-refractivity contribution < 1.29 is 9.90 Å². The molecule has 1 unspecified atom stereocenters. The molecule has 0 saturated carbocycles. The molecule has 0 aliphatic rings. The third-order valence-electron chi connectivity index (χ3n) is 2.79. The molecule has 0 amide bonds. The minimum atomic E-state index is -0.811. The molecular weight excluding hydrogens is 216 g/mol. The Labute approximate surface area is 102 Å². The molecule has 0 aromatic carbocycles. The standard InChI is InChI=1S/C13H20N2O2/c1-4-10-6-5-7-14-11(10)8-15-12(9(2)3)13(16)17/h5-7,9,12,15H,4,8H2,1-3H3,(H,16,17). The molecule has 0 aliphatic carbocycles. The number of pyridine rings is 1. The van der Waals surface area contributed by atoms with Gasteiger partial charge in [0.1, 0.15) is 6.04 Å². The van der Waals surface area contributed by atoms with Crippen LogP contribution >= 0.6 is 0 Å². The van der Waals surface area contributed by atoms with E-state index in [-0.39, 0.29) is 5.92 Å². The van der Waals surface area contributed by atoms with Crippen molar-refractivity contribution in [3.63, 3.8) is 0 Å². The van der Waals surface area contributed by atoms with Crippen LogP contribution in [0.3, 0.4) is 0 Å².